The third-order valence-corrected chi connectivity index (χ3v) is 7.34. The van der Waals surface area contributed by atoms with Crippen LogP contribution in [0.3, 0.4) is 0 Å². The summed E-state index contributed by atoms with van der Waals surface area (Å²) in [6, 6.07) is 10.2. The van der Waals surface area contributed by atoms with Crippen molar-refractivity contribution in [3.63, 3.8) is 0 Å². The maximum Gasteiger partial charge on any atom is 0.236 e. The van der Waals surface area contributed by atoms with Crippen molar-refractivity contribution >= 4 is 27.1 Å². The largest absolute Gasteiger partial charge is 0.330 e. The second kappa shape index (κ2) is 5.04. The Labute approximate surface area is 150 Å². The Hall–Kier alpha value is -1.95. The van der Waals surface area contributed by atoms with Crippen LogP contribution in [0, 0.1) is 17.8 Å². The molecule has 4 aliphatic rings. The molecular weight excluding hydrogens is 330 g/mol. The summed E-state index contributed by atoms with van der Waals surface area (Å²) in [5.74, 6) is 3.83. The molecule has 0 amide bonds. The molecule has 0 saturated heterocycles. The van der Waals surface area contributed by atoms with E-state index in [1.807, 2.05) is 22.7 Å². The molecule has 2 heterocycles. The van der Waals surface area contributed by atoms with Crippen molar-refractivity contribution in [3.05, 3.63) is 36.2 Å². The average molecular weight is 351 g/mol. The molecule has 4 fully saturated rings. The third-order valence-electron chi connectivity index (χ3n) is 6.53. The molecule has 128 valence electrons. The summed E-state index contributed by atoms with van der Waals surface area (Å²) in [4.78, 5) is 0.907. The van der Waals surface area contributed by atoms with Gasteiger partial charge >= 0.3 is 0 Å². The molecule has 2 aromatic heterocycles. The molecule has 1 N–H and O–H groups in total. The Morgan fingerprint density at radius 3 is 2.32 bits per heavy atom. The summed E-state index contributed by atoms with van der Waals surface area (Å²) in [7, 11) is 0. The summed E-state index contributed by atoms with van der Waals surface area (Å²) in [5, 5.41) is 18.2. The molecule has 25 heavy (non-hydrogen) atoms. The first-order valence-electron chi connectivity index (χ1n) is 9.32. The van der Waals surface area contributed by atoms with E-state index in [0.29, 0.717) is 0 Å². The van der Waals surface area contributed by atoms with Gasteiger partial charge in [-0.3, -0.25) is 0 Å². The Bertz CT molecular complexity index is 893. The molecule has 7 rings (SSSR count). The first kappa shape index (κ1) is 14.2. The van der Waals surface area contributed by atoms with E-state index in [-0.39, 0.29) is 5.41 Å². The van der Waals surface area contributed by atoms with Gasteiger partial charge in [0.15, 0.2) is 5.82 Å². The van der Waals surface area contributed by atoms with Crippen LogP contribution in [0.5, 0.6) is 0 Å². The number of rotatable bonds is 3. The lowest BCUT2D eigenvalue weighted by molar-refractivity contribution is -0.0103. The summed E-state index contributed by atoms with van der Waals surface area (Å²) in [6.45, 7) is 0. The van der Waals surface area contributed by atoms with Crippen LogP contribution in [0.25, 0.3) is 4.96 Å². The molecule has 4 saturated carbocycles. The fourth-order valence-corrected chi connectivity index (χ4v) is 6.79. The van der Waals surface area contributed by atoms with Gasteiger partial charge in [0, 0.05) is 11.1 Å². The number of benzene rings is 1. The number of nitrogens with one attached hydrogen (secondary N) is 1. The maximum absolute atomic E-state index is 4.82. The van der Waals surface area contributed by atoms with Gasteiger partial charge in [-0.05, 0) is 68.4 Å². The number of anilines is 2. The van der Waals surface area contributed by atoms with E-state index >= 15 is 0 Å². The van der Waals surface area contributed by atoms with E-state index in [2.05, 4.69) is 27.6 Å². The fraction of sp³-hybridized carbons (Fsp3) is 0.526. The Morgan fingerprint density at radius 1 is 0.960 bits per heavy atom. The van der Waals surface area contributed by atoms with E-state index in [0.717, 1.165) is 39.4 Å². The topological polar surface area (TPSA) is 55.1 Å². The minimum Gasteiger partial charge on any atom is -0.330 e. The molecule has 0 radical (unpaired) electrons. The number of para-hydroxylation sites is 1. The number of hydrogen-bond acceptors (Lipinski definition) is 5. The number of fused-ring (bicyclic) bond motifs is 1. The van der Waals surface area contributed by atoms with Crippen molar-refractivity contribution in [1.82, 2.24) is 19.8 Å². The van der Waals surface area contributed by atoms with Crippen LogP contribution in [-0.2, 0) is 5.41 Å². The van der Waals surface area contributed by atoms with E-state index < -0.39 is 0 Å². The average Bonchev–Trinajstić information content (AvgIpc) is 3.14. The van der Waals surface area contributed by atoms with E-state index in [4.69, 9.17) is 5.10 Å². The normalized spacial score (nSPS) is 33.2. The van der Waals surface area contributed by atoms with Crippen LogP contribution in [0.15, 0.2) is 30.3 Å². The van der Waals surface area contributed by atoms with Gasteiger partial charge in [0.05, 0.1) is 0 Å². The molecule has 4 bridgehead atoms. The van der Waals surface area contributed by atoms with Crippen molar-refractivity contribution in [2.24, 2.45) is 17.8 Å². The van der Waals surface area contributed by atoms with E-state index in [1.54, 1.807) is 11.3 Å². The van der Waals surface area contributed by atoms with Crippen molar-refractivity contribution in [3.8, 4) is 0 Å². The predicted molar refractivity (Wildman–Crippen MR) is 98.2 cm³/mol. The molecule has 0 atom stereocenters. The Morgan fingerprint density at radius 2 is 1.64 bits per heavy atom. The number of aromatic nitrogens is 4. The second-order valence-corrected chi connectivity index (χ2v) is 9.27. The third kappa shape index (κ3) is 2.16. The van der Waals surface area contributed by atoms with Crippen LogP contribution in [0.4, 0.5) is 10.8 Å². The fourth-order valence-electron chi connectivity index (χ4n) is 6.03. The minimum atomic E-state index is 0.228. The maximum atomic E-state index is 4.82. The minimum absolute atomic E-state index is 0.228. The zero-order valence-electron chi connectivity index (χ0n) is 14.1. The van der Waals surface area contributed by atoms with Crippen molar-refractivity contribution in [2.45, 2.75) is 43.9 Å². The molecule has 0 unspecified atom stereocenters. The smallest absolute Gasteiger partial charge is 0.236 e. The Balaban J connectivity index is 1.39. The molecular formula is C19H21N5S. The van der Waals surface area contributed by atoms with Gasteiger partial charge in [0.1, 0.15) is 0 Å². The highest BCUT2D eigenvalue weighted by atomic mass is 32.1. The van der Waals surface area contributed by atoms with Crippen molar-refractivity contribution in [2.75, 3.05) is 5.32 Å². The Kier molecular flexibility index (Phi) is 2.87. The summed E-state index contributed by atoms with van der Waals surface area (Å²) in [6.07, 6.45) is 8.20. The molecule has 6 heteroatoms. The molecule has 3 aromatic rings. The molecule has 5 nitrogen and oxygen atoms in total. The van der Waals surface area contributed by atoms with Gasteiger partial charge in [-0.2, -0.15) is 4.52 Å². The zero-order chi connectivity index (χ0) is 16.4. The monoisotopic (exact) mass is 351 g/mol. The predicted octanol–water partition coefficient (Wildman–Crippen LogP) is 4.40. The lowest BCUT2D eigenvalue weighted by atomic mass is 9.49. The lowest BCUT2D eigenvalue weighted by Gasteiger charge is -2.55. The van der Waals surface area contributed by atoms with Gasteiger partial charge in [-0.25, -0.2) is 0 Å². The SMILES string of the molecule is c1ccc(Nc2nn3c(C45CC6CC(CC(C6)C4)C5)nnc3s2)cc1. The van der Waals surface area contributed by atoms with E-state index in [1.165, 1.54) is 38.5 Å². The first-order valence-corrected chi connectivity index (χ1v) is 10.1. The number of hydrogen-bond donors (Lipinski definition) is 1. The van der Waals surface area contributed by atoms with Gasteiger partial charge in [-0.1, -0.05) is 29.5 Å². The van der Waals surface area contributed by atoms with Crippen molar-refractivity contribution < 1.29 is 0 Å². The van der Waals surface area contributed by atoms with Crippen LogP contribution in [-0.4, -0.2) is 19.8 Å². The molecule has 0 spiro atoms. The summed E-state index contributed by atoms with van der Waals surface area (Å²) < 4.78 is 2.03. The van der Waals surface area contributed by atoms with Crippen LogP contribution in [0.2, 0.25) is 0 Å². The van der Waals surface area contributed by atoms with Gasteiger partial charge in [-0.15, -0.1) is 15.3 Å². The quantitative estimate of drug-likeness (QED) is 0.760. The lowest BCUT2D eigenvalue weighted by Crippen LogP contribution is -2.49. The van der Waals surface area contributed by atoms with Crippen LogP contribution in [0.1, 0.15) is 44.3 Å². The van der Waals surface area contributed by atoms with E-state index in [9.17, 15) is 0 Å². The highest BCUT2D eigenvalue weighted by Gasteiger charge is 2.54. The second-order valence-electron chi connectivity index (χ2n) is 8.31. The van der Waals surface area contributed by atoms with Crippen LogP contribution < -0.4 is 5.32 Å². The van der Waals surface area contributed by atoms with Gasteiger partial charge in [0.25, 0.3) is 0 Å². The molecule has 4 aliphatic carbocycles. The zero-order valence-corrected chi connectivity index (χ0v) is 14.9. The first-order chi connectivity index (χ1) is 12.3. The molecule has 1 aromatic carbocycles. The van der Waals surface area contributed by atoms with Gasteiger partial charge in [0.2, 0.25) is 10.1 Å². The highest BCUT2D eigenvalue weighted by molar-refractivity contribution is 7.20. The van der Waals surface area contributed by atoms with Gasteiger partial charge < -0.3 is 5.32 Å². The highest BCUT2D eigenvalue weighted by Crippen LogP contribution is 2.60. The summed E-state index contributed by atoms with van der Waals surface area (Å²) in [5.41, 5.74) is 1.29. The van der Waals surface area contributed by atoms with Crippen LogP contribution >= 0.6 is 11.3 Å². The van der Waals surface area contributed by atoms with Crippen molar-refractivity contribution in [1.29, 1.82) is 0 Å². The molecule has 0 aliphatic heterocycles. The number of nitrogens with zero attached hydrogens (tertiary/aromatic N) is 4. The standard InChI is InChI=1S/C19H21N5S/c1-2-4-15(5-3-1)20-17-23-24-16(21-22-18(24)25-17)19-9-12-6-13(10-19)8-14(7-12)11-19/h1-5,12-14H,6-11H2,(H,20,23). The summed E-state index contributed by atoms with van der Waals surface area (Å²) >= 11 is 1.58.